The zero-order valence-electron chi connectivity index (χ0n) is 21.5. The third-order valence-electron chi connectivity index (χ3n) is 6.54. The van der Waals surface area contributed by atoms with Crippen LogP contribution >= 0.6 is 11.3 Å². The van der Waals surface area contributed by atoms with Crippen LogP contribution in [0.25, 0.3) is 27.9 Å². The summed E-state index contributed by atoms with van der Waals surface area (Å²) in [5.74, 6) is -1.36. The normalized spacial score (nSPS) is 13.9. The molecule has 1 aliphatic heterocycles. The second-order valence-corrected chi connectivity index (χ2v) is 9.95. The minimum atomic E-state index is -0.465. The van der Waals surface area contributed by atoms with Crippen molar-refractivity contribution in [1.29, 1.82) is 0 Å². The number of esters is 1. The number of anilines is 1. The SMILES string of the molecule is CCOC(=O)c1ccc(N2C(=O)C(=Cc3cn(-c4ccccc4)nc3-c3cccs3)c3ccccc3C2=O)cc1. The summed E-state index contributed by atoms with van der Waals surface area (Å²) in [4.78, 5) is 41.8. The number of hydrogen-bond acceptors (Lipinski definition) is 6. The first kappa shape index (κ1) is 25.2. The van der Waals surface area contributed by atoms with Crippen molar-refractivity contribution in [2.24, 2.45) is 0 Å². The van der Waals surface area contributed by atoms with Gasteiger partial charge in [0.1, 0.15) is 5.69 Å². The Hall–Kier alpha value is -5.08. The molecule has 0 saturated carbocycles. The van der Waals surface area contributed by atoms with Gasteiger partial charge >= 0.3 is 5.97 Å². The van der Waals surface area contributed by atoms with Gasteiger partial charge in [0.25, 0.3) is 11.8 Å². The van der Waals surface area contributed by atoms with Crippen LogP contribution < -0.4 is 4.90 Å². The van der Waals surface area contributed by atoms with E-state index in [0.29, 0.717) is 28.0 Å². The van der Waals surface area contributed by atoms with Gasteiger partial charge in [0, 0.05) is 22.9 Å². The smallest absolute Gasteiger partial charge is 0.338 e. The van der Waals surface area contributed by atoms with E-state index in [1.807, 2.05) is 60.1 Å². The van der Waals surface area contributed by atoms with E-state index in [1.165, 1.54) is 0 Å². The molecule has 0 fully saturated rings. The Morgan fingerprint density at radius 2 is 1.57 bits per heavy atom. The summed E-state index contributed by atoms with van der Waals surface area (Å²) >= 11 is 1.56. The number of fused-ring (bicyclic) bond motifs is 1. The highest BCUT2D eigenvalue weighted by molar-refractivity contribution is 7.13. The van der Waals surface area contributed by atoms with E-state index in [2.05, 4.69) is 0 Å². The van der Waals surface area contributed by atoms with Crippen LogP contribution in [0.2, 0.25) is 0 Å². The number of carbonyl (C=O) groups excluding carboxylic acids is 3. The minimum absolute atomic E-state index is 0.253. The Morgan fingerprint density at radius 1 is 0.850 bits per heavy atom. The van der Waals surface area contributed by atoms with E-state index in [-0.39, 0.29) is 6.61 Å². The van der Waals surface area contributed by atoms with Gasteiger partial charge in [-0.25, -0.2) is 14.4 Å². The number of para-hydroxylation sites is 1. The van der Waals surface area contributed by atoms with Crippen LogP contribution in [0.15, 0.2) is 103 Å². The van der Waals surface area contributed by atoms with Crippen LogP contribution in [0.4, 0.5) is 5.69 Å². The second kappa shape index (κ2) is 10.6. The van der Waals surface area contributed by atoms with Gasteiger partial charge in [-0.3, -0.25) is 9.59 Å². The maximum atomic E-state index is 14.0. The summed E-state index contributed by atoms with van der Waals surface area (Å²) in [6, 6.07) is 27.0. The molecule has 0 radical (unpaired) electrons. The number of benzene rings is 3. The van der Waals surface area contributed by atoms with Crippen LogP contribution in [0.3, 0.4) is 0 Å². The van der Waals surface area contributed by atoms with Crippen LogP contribution in [0.1, 0.15) is 38.8 Å². The molecule has 0 unspecified atom stereocenters. The Labute approximate surface area is 234 Å². The lowest BCUT2D eigenvalue weighted by Gasteiger charge is -2.28. The zero-order valence-corrected chi connectivity index (χ0v) is 22.3. The molecule has 3 aromatic carbocycles. The summed E-state index contributed by atoms with van der Waals surface area (Å²) in [6.45, 7) is 1.99. The first-order chi connectivity index (χ1) is 19.5. The van der Waals surface area contributed by atoms with Gasteiger partial charge in [-0.05, 0) is 72.5 Å². The molecule has 6 rings (SSSR count). The molecule has 0 atom stereocenters. The lowest BCUT2D eigenvalue weighted by atomic mass is 9.91. The zero-order chi connectivity index (χ0) is 27.6. The molecule has 7 nitrogen and oxygen atoms in total. The number of aromatic nitrogens is 2. The lowest BCUT2D eigenvalue weighted by Crippen LogP contribution is -2.41. The van der Waals surface area contributed by atoms with Crippen LogP contribution in [0, 0.1) is 0 Å². The van der Waals surface area contributed by atoms with Crippen molar-refractivity contribution < 1.29 is 19.1 Å². The Kier molecular flexibility index (Phi) is 6.67. The molecular weight excluding hydrogens is 522 g/mol. The topological polar surface area (TPSA) is 81.5 Å². The highest BCUT2D eigenvalue weighted by atomic mass is 32.1. The summed E-state index contributed by atoms with van der Waals surface area (Å²) in [5.41, 5.74) is 4.41. The van der Waals surface area contributed by atoms with Crippen molar-refractivity contribution in [3.05, 3.63) is 125 Å². The fourth-order valence-electron chi connectivity index (χ4n) is 4.65. The average Bonchev–Trinajstić information content (AvgIpc) is 3.67. The van der Waals surface area contributed by atoms with Crippen molar-refractivity contribution in [1.82, 2.24) is 9.78 Å². The number of imide groups is 1. The molecule has 3 heterocycles. The van der Waals surface area contributed by atoms with Gasteiger partial charge in [0.05, 0.1) is 28.4 Å². The van der Waals surface area contributed by atoms with E-state index in [4.69, 9.17) is 9.84 Å². The molecule has 5 aromatic rings. The van der Waals surface area contributed by atoms with Gasteiger partial charge in [0.2, 0.25) is 0 Å². The highest BCUT2D eigenvalue weighted by Crippen LogP contribution is 2.36. The van der Waals surface area contributed by atoms with Crippen molar-refractivity contribution in [2.75, 3.05) is 11.5 Å². The van der Waals surface area contributed by atoms with Crippen molar-refractivity contribution in [2.45, 2.75) is 6.92 Å². The molecule has 8 heteroatoms. The third-order valence-corrected chi connectivity index (χ3v) is 7.42. The molecule has 0 aliphatic carbocycles. The molecule has 2 amide bonds. The Balaban J connectivity index is 1.48. The molecular formula is C32H23N3O4S. The number of hydrogen-bond donors (Lipinski definition) is 0. The molecule has 40 heavy (non-hydrogen) atoms. The fourth-order valence-corrected chi connectivity index (χ4v) is 5.39. The largest absolute Gasteiger partial charge is 0.462 e. The summed E-state index contributed by atoms with van der Waals surface area (Å²) in [5, 5.41) is 6.83. The molecule has 0 bridgehead atoms. The molecule has 2 aromatic heterocycles. The van der Waals surface area contributed by atoms with Crippen molar-refractivity contribution >= 4 is 46.5 Å². The molecule has 0 N–H and O–H groups in total. The van der Waals surface area contributed by atoms with E-state index in [0.717, 1.165) is 26.7 Å². The van der Waals surface area contributed by atoms with Gasteiger partial charge in [-0.2, -0.15) is 5.10 Å². The van der Waals surface area contributed by atoms with Gasteiger partial charge in [-0.15, -0.1) is 11.3 Å². The Morgan fingerprint density at radius 3 is 2.27 bits per heavy atom. The maximum Gasteiger partial charge on any atom is 0.338 e. The van der Waals surface area contributed by atoms with Crippen LogP contribution in [0.5, 0.6) is 0 Å². The number of carbonyl (C=O) groups is 3. The summed E-state index contributed by atoms with van der Waals surface area (Å²) in [6.07, 6.45) is 3.69. The first-order valence-corrected chi connectivity index (χ1v) is 13.6. The number of rotatable bonds is 6. The second-order valence-electron chi connectivity index (χ2n) is 9.01. The summed E-state index contributed by atoms with van der Waals surface area (Å²) < 4.78 is 6.85. The minimum Gasteiger partial charge on any atom is -0.462 e. The van der Waals surface area contributed by atoms with Crippen molar-refractivity contribution in [3.63, 3.8) is 0 Å². The van der Waals surface area contributed by atoms with Gasteiger partial charge < -0.3 is 4.74 Å². The number of thiophene rings is 1. The molecule has 0 saturated heterocycles. The van der Waals surface area contributed by atoms with E-state index >= 15 is 0 Å². The standard InChI is InChI=1S/C32H23N3O4S/c1-2-39-32(38)21-14-16-24(17-15-21)35-30(36)26-12-7-6-11-25(26)27(31(35)37)19-22-20-34(23-9-4-3-5-10-23)33-29(22)28-13-8-18-40-28/h3-20H,2H2,1H3. The van der Waals surface area contributed by atoms with E-state index in [1.54, 1.807) is 71.5 Å². The van der Waals surface area contributed by atoms with Gasteiger partial charge in [-0.1, -0.05) is 42.5 Å². The van der Waals surface area contributed by atoms with Crippen LogP contribution in [-0.2, 0) is 9.53 Å². The van der Waals surface area contributed by atoms with E-state index in [9.17, 15) is 14.4 Å². The average molecular weight is 546 g/mol. The maximum absolute atomic E-state index is 14.0. The number of ether oxygens (including phenoxy) is 1. The summed E-state index contributed by atoms with van der Waals surface area (Å²) in [7, 11) is 0. The third kappa shape index (κ3) is 4.54. The first-order valence-electron chi connectivity index (χ1n) is 12.7. The van der Waals surface area contributed by atoms with E-state index < -0.39 is 17.8 Å². The Bertz CT molecular complexity index is 1750. The quantitative estimate of drug-likeness (QED) is 0.138. The van der Waals surface area contributed by atoms with Crippen LogP contribution in [-0.4, -0.2) is 34.2 Å². The highest BCUT2D eigenvalue weighted by Gasteiger charge is 2.36. The predicted molar refractivity (Wildman–Crippen MR) is 155 cm³/mol. The monoisotopic (exact) mass is 545 g/mol. The number of nitrogens with zero attached hydrogens (tertiary/aromatic N) is 3. The van der Waals surface area contributed by atoms with Gasteiger partial charge in [0.15, 0.2) is 0 Å². The fraction of sp³-hybridized carbons (Fsp3) is 0.0625. The molecule has 1 aliphatic rings. The molecule has 196 valence electrons. The number of amides is 2. The predicted octanol–water partition coefficient (Wildman–Crippen LogP) is 6.51. The van der Waals surface area contributed by atoms with Crippen molar-refractivity contribution in [3.8, 4) is 16.3 Å². The lowest BCUT2D eigenvalue weighted by molar-refractivity contribution is -0.112. The molecule has 0 spiro atoms.